The molecule has 1 unspecified atom stereocenters. The molecule has 0 radical (unpaired) electrons. The summed E-state index contributed by atoms with van der Waals surface area (Å²) in [5.41, 5.74) is 0. The number of H-pyrrole nitrogens is 1. The molecule has 1 saturated carbocycles. The molecule has 1 fully saturated rings. The summed E-state index contributed by atoms with van der Waals surface area (Å²) >= 11 is 0. The first-order chi connectivity index (χ1) is 7.81. The number of hydrogen-bond acceptors (Lipinski definition) is 2. The van der Waals surface area contributed by atoms with Gasteiger partial charge in [-0.2, -0.15) is 0 Å². The molecular weight excluding hydrogens is 198 g/mol. The molecule has 1 aromatic rings. The zero-order valence-corrected chi connectivity index (χ0v) is 10.4. The molecule has 0 aliphatic heterocycles. The molecule has 0 aromatic carbocycles. The van der Waals surface area contributed by atoms with Gasteiger partial charge in [-0.25, -0.2) is 4.98 Å². The van der Waals surface area contributed by atoms with Crippen LogP contribution in [-0.2, 0) is 0 Å². The second-order valence-corrected chi connectivity index (χ2v) is 5.03. The van der Waals surface area contributed by atoms with E-state index >= 15 is 0 Å². The molecule has 2 rings (SSSR count). The minimum atomic E-state index is 0.424. The van der Waals surface area contributed by atoms with Gasteiger partial charge in [0.1, 0.15) is 5.82 Å². The van der Waals surface area contributed by atoms with Crippen LogP contribution in [0, 0.1) is 11.8 Å². The van der Waals surface area contributed by atoms with E-state index < -0.39 is 0 Å². The molecule has 0 bridgehead atoms. The van der Waals surface area contributed by atoms with Crippen molar-refractivity contribution in [3.05, 3.63) is 18.2 Å². The van der Waals surface area contributed by atoms with Gasteiger partial charge in [-0.15, -0.1) is 0 Å². The average Bonchev–Trinajstić information content (AvgIpc) is 2.81. The summed E-state index contributed by atoms with van der Waals surface area (Å²) in [5, 5.41) is 3.58. The van der Waals surface area contributed by atoms with Gasteiger partial charge in [0.2, 0.25) is 0 Å². The van der Waals surface area contributed by atoms with Gasteiger partial charge >= 0.3 is 0 Å². The first kappa shape index (κ1) is 11.6. The lowest BCUT2D eigenvalue weighted by Crippen LogP contribution is -2.31. The van der Waals surface area contributed by atoms with Crippen LogP contribution in [0.5, 0.6) is 0 Å². The van der Waals surface area contributed by atoms with Gasteiger partial charge < -0.3 is 10.3 Å². The number of hydrogen-bond donors (Lipinski definition) is 2. The third kappa shape index (κ3) is 2.64. The van der Waals surface area contributed by atoms with Crippen LogP contribution in [0.3, 0.4) is 0 Å². The monoisotopic (exact) mass is 221 g/mol. The van der Waals surface area contributed by atoms with Crippen LogP contribution in [0.4, 0.5) is 0 Å². The van der Waals surface area contributed by atoms with E-state index in [9.17, 15) is 0 Å². The normalized spacial score (nSPS) is 27.9. The zero-order chi connectivity index (χ0) is 11.4. The van der Waals surface area contributed by atoms with Crippen molar-refractivity contribution in [2.45, 2.75) is 45.6 Å². The van der Waals surface area contributed by atoms with Crippen molar-refractivity contribution in [3.8, 4) is 0 Å². The van der Waals surface area contributed by atoms with Crippen LogP contribution in [0.1, 0.15) is 51.4 Å². The van der Waals surface area contributed by atoms with Crippen LogP contribution in [-0.4, -0.2) is 16.5 Å². The Labute approximate surface area is 98.1 Å². The fourth-order valence-electron chi connectivity index (χ4n) is 2.77. The second-order valence-electron chi connectivity index (χ2n) is 5.03. The van der Waals surface area contributed by atoms with Gasteiger partial charge in [0.05, 0.1) is 6.04 Å². The van der Waals surface area contributed by atoms with Gasteiger partial charge in [0.15, 0.2) is 0 Å². The Morgan fingerprint density at radius 3 is 2.75 bits per heavy atom. The van der Waals surface area contributed by atoms with E-state index in [0.29, 0.717) is 6.04 Å². The zero-order valence-electron chi connectivity index (χ0n) is 10.4. The van der Waals surface area contributed by atoms with Crippen molar-refractivity contribution in [1.82, 2.24) is 15.3 Å². The smallest absolute Gasteiger partial charge is 0.123 e. The third-order valence-corrected chi connectivity index (χ3v) is 3.77. The molecule has 3 nitrogen and oxygen atoms in total. The summed E-state index contributed by atoms with van der Waals surface area (Å²) in [5.74, 6) is 2.78. The quantitative estimate of drug-likeness (QED) is 0.820. The van der Waals surface area contributed by atoms with E-state index in [2.05, 4.69) is 29.1 Å². The molecule has 3 heteroatoms. The molecule has 16 heavy (non-hydrogen) atoms. The molecule has 0 saturated heterocycles. The topological polar surface area (TPSA) is 40.7 Å². The number of nitrogens with one attached hydrogen (secondary N) is 2. The SMILES string of the molecule is CCNC(c1ncc[nH]1)C1CCC(C)CC1. The summed E-state index contributed by atoms with van der Waals surface area (Å²) in [4.78, 5) is 7.67. The van der Waals surface area contributed by atoms with Crippen molar-refractivity contribution < 1.29 is 0 Å². The number of imidazole rings is 1. The maximum Gasteiger partial charge on any atom is 0.123 e. The third-order valence-electron chi connectivity index (χ3n) is 3.77. The highest BCUT2D eigenvalue weighted by Gasteiger charge is 2.27. The van der Waals surface area contributed by atoms with Crippen molar-refractivity contribution in [2.75, 3.05) is 6.54 Å². The molecule has 1 atom stereocenters. The molecule has 90 valence electrons. The molecule has 2 N–H and O–H groups in total. The Morgan fingerprint density at radius 1 is 1.44 bits per heavy atom. The summed E-state index contributed by atoms with van der Waals surface area (Å²) in [6, 6.07) is 0.424. The molecule has 1 aliphatic carbocycles. The fourth-order valence-corrected chi connectivity index (χ4v) is 2.77. The number of nitrogens with zero attached hydrogens (tertiary/aromatic N) is 1. The van der Waals surface area contributed by atoms with Crippen LogP contribution < -0.4 is 5.32 Å². The maximum absolute atomic E-state index is 4.41. The van der Waals surface area contributed by atoms with E-state index in [1.165, 1.54) is 25.7 Å². The number of aromatic amines is 1. The first-order valence-electron chi connectivity index (χ1n) is 6.54. The predicted octanol–water partition coefficient (Wildman–Crippen LogP) is 2.89. The molecule has 1 heterocycles. The van der Waals surface area contributed by atoms with Gasteiger partial charge in [-0.05, 0) is 31.2 Å². The van der Waals surface area contributed by atoms with Crippen molar-refractivity contribution >= 4 is 0 Å². The molecule has 1 aliphatic rings. The molecule has 0 spiro atoms. The maximum atomic E-state index is 4.41. The fraction of sp³-hybridized carbons (Fsp3) is 0.769. The second kappa shape index (κ2) is 5.48. The Kier molecular flexibility index (Phi) is 3.99. The van der Waals surface area contributed by atoms with Crippen molar-refractivity contribution in [1.29, 1.82) is 0 Å². The lowest BCUT2D eigenvalue weighted by atomic mass is 9.79. The van der Waals surface area contributed by atoms with Crippen molar-refractivity contribution in [3.63, 3.8) is 0 Å². The van der Waals surface area contributed by atoms with E-state index in [4.69, 9.17) is 0 Å². The minimum Gasteiger partial charge on any atom is -0.347 e. The molecular formula is C13H23N3. The predicted molar refractivity (Wildman–Crippen MR) is 66.1 cm³/mol. The first-order valence-corrected chi connectivity index (χ1v) is 6.54. The Hall–Kier alpha value is -0.830. The Balaban J connectivity index is 2.02. The highest BCUT2D eigenvalue weighted by molar-refractivity contribution is 4.99. The summed E-state index contributed by atoms with van der Waals surface area (Å²) in [6.45, 7) is 5.55. The van der Waals surface area contributed by atoms with Gasteiger partial charge in [0, 0.05) is 12.4 Å². The summed E-state index contributed by atoms with van der Waals surface area (Å²) in [6.07, 6.45) is 9.18. The average molecular weight is 221 g/mol. The minimum absolute atomic E-state index is 0.424. The van der Waals surface area contributed by atoms with Crippen LogP contribution in [0.25, 0.3) is 0 Å². The largest absolute Gasteiger partial charge is 0.347 e. The standard InChI is InChI=1S/C13H23N3/c1-3-14-12(13-15-8-9-16-13)11-6-4-10(2)5-7-11/h8-12,14H,3-7H2,1-2H3,(H,15,16). The van der Waals surface area contributed by atoms with Crippen LogP contribution in [0.2, 0.25) is 0 Å². The van der Waals surface area contributed by atoms with Gasteiger partial charge in [-0.1, -0.05) is 26.7 Å². The lowest BCUT2D eigenvalue weighted by molar-refractivity contribution is 0.228. The highest BCUT2D eigenvalue weighted by atomic mass is 15.0. The van der Waals surface area contributed by atoms with Gasteiger partial charge in [-0.3, -0.25) is 0 Å². The van der Waals surface area contributed by atoms with E-state index in [-0.39, 0.29) is 0 Å². The lowest BCUT2D eigenvalue weighted by Gasteiger charge is -2.32. The highest BCUT2D eigenvalue weighted by Crippen LogP contribution is 2.35. The Morgan fingerprint density at radius 2 is 2.19 bits per heavy atom. The molecule has 1 aromatic heterocycles. The number of aromatic nitrogens is 2. The van der Waals surface area contributed by atoms with E-state index in [0.717, 1.165) is 24.2 Å². The molecule has 0 amide bonds. The number of rotatable bonds is 4. The van der Waals surface area contributed by atoms with E-state index in [1.54, 1.807) is 0 Å². The summed E-state index contributed by atoms with van der Waals surface area (Å²) < 4.78 is 0. The summed E-state index contributed by atoms with van der Waals surface area (Å²) in [7, 11) is 0. The van der Waals surface area contributed by atoms with Gasteiger partial charge in [0.25, 0.3) is 0 Å². The van der Waals surface area contributed by atoms with Crippen molar-refractivity contribution in [2.24, 2.45) is 11.8 Å². The van der Waals surface area contributed by atoms with E-state index in [1.807, 2.05) is 12.4 Å². The Bertz CT molecular complexity index is 286. The van der Waals surface area contributed by atoms with Crippen LogP contribution in [0.15, 0.2) is 12.4 Å². The van der Waals surface area contributed by atoms with Crippen LogP contribution >= 0.6 is 0 Å².